The lowest BCUT2D eigenvalue weighted by Gasteiger charge is -2.25. The van der Waals surface area contributed by atoms with Crippen molar-refractivity contribution in [1.29, 1.82) is 0 Å². The lowest BCUT2D eigenvalue weighted by molar-refractivity contribution is 0.00592. The molecule has 3 aromatic rings. The molecule has 0 spiro atoms. The maximum absolute atomic E-state index is 13.2. The van der Waals surface area contributed by atoms with E-state index in [2.05, 4.69) is 37.6 Å². The fraction of sp³-hybridized carbons (Fsp3) is 0.556. The van der Waals surface area contributed by atoms with Gasteiger partial charge in [0.1, 0.15) is 10.7 Å². The van der Waals surface area contributed by atoms with Crippen molar-refractivity contribution in [2.75, 3.05) is 40.5 Å². The van der Waals surface area contributed by atoms with Crippen molar-refractivity contribution in [2.24, 2.45) is 11.8 Å². The van der Waals surface area contributed by atoms with E-state index in [9.17, 15) is 9.90 Å². The van der Waals surface area contributed by atoms with Gasteiger partial charge in [-0.05, 0) is 42.5 Å². The predicted octanol–water partition coefficient (Wildman–Crippen LogP) is 4.55. The molecule has 0 fully saturated rings. The van der Waals surface area contributed by atoms with Gasteiger partial charge in [0.15, 0.2) is 11.5 Å². The van der Waals surface area contributed by atoms with E-state index in [4.69, 9.17) is 19.2 Å². The molecule has 0 radical (unpaired) electrons. The Balaban J connectivity index is 1.82. The van der Waals surface area contributed by atoms with E-state index < -0.39 is 6.10 Å². The molecule has 3 rings (SSSR count). The van der Waals surface area contributed by atoms with Gasteiger partial charge in [-0.3, -0.25) is 9.69 Å². The molecule has 0 saturated carbocycles. The molecule has 0 aliphatic carbocycles. The molecule has 0 aliphatic heterocycles. The Labute approximate surface area is 217 Å². The Bertz CT molecular complexity index is 1170. The van der Waals surface area contributed by atoms with Crippen LogP contribution < -0.4 is 15.0 Å². The molecule has 2 aromatic heterocycles. The maximum Gasteiger partial charge on any atom is 0.260 e. The van der Waals surface area contributed by atoms with Gasteiger partial charge in [0.05, 0.1) is 38.9 Å². The highest BCUT2D eigenvalue weighted by molar-refractivity contribution is 7.17. The highest BCUT2D eigenvalue weighted by Crippen LogP contribution is 2.36. The van der Waals surface area contributed by atoms with Gasteiger partial charge in [0.25, 0.3) is 5.56 Å². The third kappa shape index (κ3) is 7.52. The van der Waals surface area contributed by atoms with Crippen LogP contribution in [0.2, 0.25) is 0 Å². The summed E-state index contributed by atoms with van der Waals surface area (Å²) in [6.45, 7) is 11.1. The second-order valence-electron chi connectivity index (χ2n) is 9.91. The van der Waals surface area contributed by atoms with Crippen LogP contribution in [0, 0.1) is 11.8 Å². The number of hydrogen-bond acceptors (Lipinski definition) is 8. The summed E-state index contributed by atoms with van der Waals surface area (Å²) in [5, 5.41) is 13.0. The Hall–Kier alpha value is -2.46. The molecule has 2 N–H and O–H groups in total. The highest BCUT2D eigenvalue weighted by atomic mass is 32.1. The first-order valence-electron chi connectivity index (χ1n) is 12.4. The number of rotatable bonds is 14. The normalized spacial score (nSPS) is 12.7. The minimum Gasteiger partial charge on any atom is -0.493 e. The van der Waals surface area contributed by atoms with Crippen LogP contribution in [0.5, 0.6) is 11.5 Å². The summed E-state index contributed by atoms with van der Waals surface area (Å²) in [6.07, 6.45) is 0.374. The molecule has 0 bridgehead atoms. The Morgan fingerprint density at radius 3 is 2.50 bits per heavy atom. The number of nitrogens with zero attached hydrogens (tertiary/aromatic N) is 2. The van der Waals surface area contributed by atoms with Gasteiger partial charge in [-0.2, -0.15) is 0 Å². The average Bonchev–Trinajstić information content (AvgIpc) is 3.26. The van der Waals surface area contributed by atoms with Crippen LogP contribution in [0.4, 0.5) is 0 Å². The second-order valence-corrected chi connectivity index (χ2v) is 10.8. The van der Waals surface area contributed by atoms with Gasteiger partial charge < -0.3 is 24.3 Å². The van der Waals surface area contributed by atoms with Crippen LogP contribution in [0.15, 0.2) is 28.4 Å². The van der Waals surface area contributed by atoms with Gasteiger partial charge >= 0.3 is 0 Å². The molecule has 2 heterocycles. The highest BCUT2D eigenvalue weighted by Gasteiger charge is 2.18. The van der Waals surface area contributed by atoms with Gasteiger partial charge in [-0.15, -0.1) is 11.3 Å². The molecule has 1 aromatic carbocycles. The van der Waals surface area contributed by atoms with Crippen molar-refractivity contribution < 1.29 is 19.3 Å². The van der Waals surface area contributed by atoms with Gasteiger partial charge in [0.2, 0.25) is 0 Å². The van der Waals surface area contributed by atoms with Gasteiger partial charge in [0, 0.05) is 24.1 Å². The summed E-state index contributed by atoms with van der Waals surface area (Å²) in [5.41, 5.74) is 1.50. The number of thiophene rings is 1. The van der Waals surface area contributed by atoms with Crippen molar-refractivity contribution in [2.45, 2.75) is 46.8 Å². The fourth-order valence-corrected chi connectivity index (χ4v) is 4.93. The topological polar surface area (TPSA) is 96.9 Å². The lowest BCUT2D eigenvalue weighted by Crippen LogP contribution is -2.36. The van der Waals surface area contributed by atoms with Crippen LogP contribution in [0.25, 0.3) is 21.3 Å². The Morgan fingerprint density at radius 1 is 1.08 bits per heavy atom. The molecular formula is C27H39N3O5S. The molecule has 0 saturated heterocycles. The number of benzene rings is 1. The zero-order chi connectivity index (χ0) is 26.2. The van der Waals surface area contributed by atoms with E-state index in [0.29, 0.717) is 65.7 Å². The van der Waals surface area contributed by atoms with E-state index in [-0.39, 0.29) is 5.56 Å². The molecule has 0 amide bonds. The zero-order valence-electron chi connectivity index (χ0n) is 22.2. The third-order valence-electron chi connectivity index (χ3n) is 5.81. The third-order valence-corrected chi connectivity index (χ3v) is 6.69. The summed E-state index contributed by atoms with van der Waals surface area (Å²) in [4.78, 5) is 23.7. The van der Waals surface area contributed by atoms with E-state index >= 15 is 0 Å². The number of aromatic nitrogens is 2. The van der Waals surface area contributed by atoms with E-state index in [1.54, 1.807) is 14.2 Å². The summed E-state index contributed by atoms with van der Waals surface area (Å²) in [5.74, 6) is 2.77. The summed E-state index contributed by atoms with van der Waals surface area (Å²) < 4.78 is 16.4. The maximum atomic E-state index is 13.2. The summed E-state index contributed by atoms with van der Waals surface area (Å²) >= 11 is 1.44. The zero-order valence-corrected chi connectivity index (χ0v) is 23.0. The number of hydrogen-bond donors (Lipinski definition) is 2. The van der Waals surface area contributed by atoms with Crippen LogP contribution in [0.3, 0.4) is 0 Å². The number of aliphatic hydroxyl groups is 1. The molecule has 9 heteroatoms. The van der Waals surface area contributed by atoms with Crippen molar-refractivity contribution in [3.05, 3.63) is 39.8 Å². The fourth-order valence-electron chi connectivity index (χ4n) is 3.96. The first-order chi connectivity index (χ1) is 17.2. The minimum absolute atomic E-state index is 0.175. The van der Waals surface area contributed by atoms with Gasteiger partial charge in [-0.25, -0.2) is 4.98 Å². The Morgan fingerprint density at radius 2 is 1.83 bits per heavy atom. The van der Waals surface area contributed by atoms with E-state index in [0.717, 1.165) is 24.1 Å². The second kappa shape index (κ2) is 13.2. The van der Waals surface area contributed by atoms with Crippen molar-refractivity contribution in [3.63, 3.8) is 0 Å². The molecule has 36 heavy (non-hydrogen) atoms. The molecule has 0 aliphatic rings. The first kappa shape index (κ1) is 28.1. The predicted molar refractivity (Wildman–Crippen MR) is 145 cm³/mol. The first-order valence-corrected chi connectivity index (χ1v) is 13.3. The van der Waals surface area contributed by atoms with E-state index in [1.807, 2.05) is 23.6 Å². The van der Waals surface area contributed by atoms with Crippen LogP contribution in [-0.2, 0) is 11.3 Å². The molecule has 0 unspecified atom stereocenters. The van der Waals surface area contributed by atoms with Crippen LogP contribution >= 0.6 is 11.3 Å². The SMILES string of the molecule is COc1ccc(-c2csc3nc(CN(CCC(C)C)C[C@@H](O)COCC(C)C)[nH]c(=O)c23)cc1OC. The monoisotopic (exact) mass is 517 g/mol. The molecule has 8 nitrogen and oxygen atoms in total. The van der Waals surface area contributed by atoms with Crippen molar-refractivity contribution >= 4 is 21.6 Å². The molecular weight excluding hydrogens is 478 g/mol. The lowest BCUT2D eigenvalue weighted by atomic mass is 10.1. The minimum atomic E-state index is -0.607. The van der Waals surface area contributed by atoms with Crippen LogP contribution in [-0.4, -0.2) is 66.6 Å². The Kier molecular flexibility index (Phi) is 10.3. The standard InChI is InChI=1S/C27H39N3O5S/c1-17(2)9-10-30(12-20(31)15-35-14-18(3)4)13-24-28-26(32)25-21(16-36-27(25)29-24)19-7-8-22(33-5)23(11-19)34-6/h7-8,11,16-18,20,31H,9-10,12-15H2,1-6H3,(H,28,29,32)/t20-/m1/s1. The number of ether oxygens (including phenoxy) is 3. The molecule has 198 valence electrons. The molecule has 1 atom stereocenters. The number of methoxy groups -OCH3 is 2. The smallest absolute Gasteiger partial charge is 0.260 e. The quantitative estimate of drug-likeness (QED) is 0.324. The average molecular weight is 518 g/mol. The summed E-state index contributed by atoms with van der Waals surface area (Å²) in [6, 6.07) is 5.60. The summed E-state index contributed by atoms with van der Waals surface area (Å²) in [7, 11) is 3.18. The number of fused-ring (bicyclic) bond motifs is 1. The van der Waals surface area contributed by atoms with Crippen molar-refractivity contribution in [3.8, 4) is 22.6 Å². The number of H-pyrrole nitrogens is 1. The van der Waals surface area contributed by atoms with Gasteiger partial charge in [-0.1, -0.05) is 33.8 Å². The number of aliphatic hydroxyl groups excluding tert-OH is 1. The number of aromatic amines is 1. The van der Waals surface area contributed by atoms with Crippen molar-refractivity contribution in [1.82, 2.24) is 14.9 Å². The van der Waals surface area contributed by atoms with E-state index in [1.165, 1.54) is 11.3 Å². The number of nitrogens with one attached hydrogen (secondary N) is 1. The van der Waals surface area contributed by atoms with Crippen LogP contribution in [0.1, 0.15) is 39.9 Å². The largest absolute Gasteiger partial charge is 0.493 e.